The van der Waals surface area contributed by atoms with Crippen LogP contribution in [0.5, 0.6) is 5.75 Å². The van der Waals surface area contributed by atoms with Crippen LogP contribution in [0.25, 0.3) is 11.1 Å². The topological polar surface area (TPSA) is 54.5 Å². The standard InChI is InChI=1S/C21H24FN3O2/c1-3-27-15-4-5-17(22)16(13-15)14-7-10-23-19(12-14)18-6-8-21(24-18)9-11-25(2)20(21)26/h4-5,7,10,12-13,18,24H,3,6,8-9,11H2,1-2H3. The fourth-order valence-corrected chi connectivity index (χ4v) is 4.18. The first-order valence-electron chi connectivity index (χ1n) is 9.44. The number of nitrogens with zero attached hydrogens (tertiary/aromatic N) is 2. The Balaban J connectivity index is 1.61. The summed E-state index contributed by atoms with van der Waals surface area (Å²) in [6.07, 6.45) is 4.18. The van der Waals surface area contributed by atoms with Crippen molar-refractivity contribution in [1.29, 1.82) is 0 Å². The molecular formula is C21H24FN3O2. The zero-order valence-corrected chi connectivity index (χ0v) is 15.7. The van der Waals surface area contributed by atoms with Crippen LogP contribution in [0.15, 0.2) is 36.5 Å². The van der Waals surface area contributed by atoms with E-state index in [1.807, 2.05) is 20.0 Å². The lowest BCUT2D eigenvalue weighted by Gasteiger charge is -2.23. The first-order valence-corrected chi connectivity index (χ1v) is 9.44. The monoisotopic (exact) mass is 369 g/mol. The molecule has 2 aliphatic heterocycles. The summed E-state index contributed by atoms with van der Waals surface area (Å²) in [6, 6.07) is 8.49. The van der Waals surface area contributed by atoms with Gasteiger partial charge in [-0.3, -0.25) is 15.1 Å². The molecule has 1 amide bonds. The number of nitrogens with one attached hydrogen (secondary N) is 1. The fraction of sp³-hybridized carbons (Fsp3) is 0.429. The van der Waals surface area contributed by atoms with Crippen molar-refractivity contribution in [3.05, 3.63) is 48.0 Å². The van der Waals surface area contributed by atoms with Crippen molar-refractivity contribution < 1.29 is 13.9 Å². The second-order valence-electron chi connectivity index (χ2n) is 7.34. The molecule has 2 fully saturated rings. The van der Waals surface area contributed by atoms with E-state index in [2.05, 4.69) is 10.3 Å². The zero-order valence-electron chi connectivity index (χ0n) is 15.7. The quantitative estimate of drug-likeness (QED) is 0.898. The number of aromatic nitrogens is 1. The van der Waals surface area contributed by atoms with Gasteiger partial charge in [0.05, 0.1) is 18.3 Å². The van der Waals surface area contributed by atoms with Gasteiger partial charge in [0.2, 0.25) is 5.91 Å². The SMILES string of the molecule is CCOc1ccc(F)c(-c2ccnc(C3CCC4(CCN(C)C4=O)N3)c2)c1. The van der Waals surface area contributed by atoms with Gasteiger partial charge in [-0.05, 0) is 62.1 Å². The van der Waals surface area contributed by atoms with Crippen molar-refractivity contribution in [2.24, 2.45) is 0 Å². The molecule has 2 saturated heterocycles. The maximum absolute atomic E-state index is 14.4. The first-order chi connectivity index (χ1) is 13.0. The lowest BCUT2D eigenvalue weighted by Crippen LogP contribution is -2.47. The number of carbonyl (C=O) groups excluding carboxylic acids is 1. The Morgan fingerprint density at radius 3 is 2.93 bits per heavy atom. The summed E-state index contributed by atoms with van der Waals surface area (Å²) in [4.78, 5) is 18.8. The molecule has 27 heavy (non-hydrogen) atoms. The van der Waals surface area contributed by atoms with Crippen LogP contribution < -0.4 is 10.1 Å². The normalized spacial score (nSPS) is 24.8. The van der Waals surface area contributed by atoms with E-state index in [-0.39, 0.29) is 17.8 Å². The number of benzene rings is 1. The maximum Gasteiger partial charge on any atom is 0.242 e. The van der Waals surface area contributed by atoms with Gasteiger partial charge in [0, 0.05) is 25.4 Å². The molecule has 1 aromatic heterocycles. The predicted molar refractivity (Wildman–Crippen MR) is 101 cm³/mol. The van der Waals surface area contributed by atoms with E-state index in [0.29, 0.717) is 17.9 Å². The maximum atomic E-state index is 14.4. The third-order valence-electron chi connectivity index (χ3n) is 5.64. The molecule has 0 saturated carbocycles. The summed E-state index contributed by atoms with van der Waals surface area (Å²) >= 11 is 0. The number of hydrogen-bond acceptors (Lipinski definition) is 4. The molecule has 1 N–H and O–H groups in total. The highest BCUT2D eigenvalue weighted by Gasteiger charge is 2.50. The van der Waals surface area contributed by atoms with Gasteiger partial charge in [-0.15, -0.1) is 0 Å². The summed E-state index contributed by atoms with van der Waals surface area (Å²) in [7, 11) is 1.85. The highest BCUT2D eigenvalue weighted by molar-refractivity contribution is 5.88. The summed E-state index contributed by atoms with van der Waals surface area (Å²) < 4.78 is 19.9. The van der Waals surface area contributed by atoms with Crippen LogP contribution in [0, 0.1) is 5.82 Å². The third kappa shape index (κ3) is 3.18. The van der Waals surface area contributed by atoms with Crippen LogP contribution in [-0.2, 0) is 4.79 Å². The Labute approximate surface area is 158 Å². The Morgan fingerprint density at radius 1 is 1.33 bits per heavy atom. The number of carbonyl (C=O) groups is 1. The van der Waals surface area contributed by atoms with Gasteiger partial charge in [0.25, 0.3) is 0 Å². The second kappa shape index (κ2) is 6.93. The predicted octanol–water partition coefficient (Wildman–Crippen LogP) is 3.31. The Morgan fingerprint density at radius 2 is 2.19 bits per heavy atom. The summed E-state index contributed by atoms with van der Waals surface area (Å²) in [6.45, 7) is 3.21. The Kier molecular flexibility index (Phi) is 4.60. The lowest BCUT2D eigenvalue weighted by molar-refractivity contribution is -0.131. The molecule has 0 radical (unpaired) electrons. The third-order valence-corrected chi connectivity index (χ3v) is 5.64. The van der Waals surface area contributed by atoms with Gasteiger partial charge in [-0.2, -0.15) is 0 Å². The highest BCUT2D eigenvalue weighted by Crippen LogP contribution is 2.39. The fourth-order valence-electron chi connectivity index (χ4n) is 4.18. The van der Waals surface area contributed by atoms with E-state index >= 15 is 0 Å². The first kappa shape index (κ1) is 17.9. The van der Waals surface area contributed by atoms with Gasteiger partial charge >= 0.3 is 0 Å². The van der Waals surface area contributed by atoms with Crippen molar-refractivity contribution in [3.63, 3.8) is 0 Å². The lowest BCUT2D eigenvalue weighted by atomic mass is 9.96. The van der Waals surface area contributed by atoms with Gasteiger partial charge in [0.1, 0.15) is 17.1 Å². The Bertz CT molecular complexity index is 872. The van der Waals surface area contributed by atoms with Crippen molar-refractivity contribution in [2.45, 2.75) is 37.8 Å². The average molecular weight is 369 g/mol. The van der Waals surface area contributed by atoms with Gasteiger partial charge in [0.15, 0.2) is 0 Å². The minimum atomic E-state index is -0.461. The van der Waals surface area contributed by atoms with Crippen LogP contribution in [0.1, 0.15) is 37.9 Å². The molecular weight excluding hydrogens is 345 g/mol. The molecule has 2 atom stereocenters. The highest BCUT2D eigenvalue weighted by atomic mass is 19.1. The van der Waals surface area contributed by atoms with Crippen LogP contribution in [-0.4, -0.2) is 41.5 Å². The minimum Gasteiger partial charge on any atom is -0.494 e. The largest absolute Gasteiger partial charge is 0.494 e. The average Bonchev–Trinajstić information content (AvgIpc) is 3.24. The van der Waals surface area contributed by atoms with Gasteiger partial charge in [-0.1, -0.05) is 0 Å². The number of ether oxygens (including phenoxy) is 1. The smallest absolute Gasteiger partial charge is 0.242 e. The summed E-state index contributed by atoms with van der Waals surface area (Å²) in [5, 5.41) is 3.52. The van der Waals surface area contributed by atoms with Crippen LogP contribution >= 0.6 is 0 Å². The molecule has 2 aliphatic rings. The molecule has 3 heterocycles. The van der Waals surface area contributed by atoms with Gasteiger partial charge < -0.3 is 9.64 Å². The number of likely N-dealkylation sites (tertiary alicyclic amines) is 1. The van der Waals surface area contributed by atoms with E-state index in [4.69, 9.17) is 4.74 Å². The van der Waals surface area contributed by atoms with Crippen molar-refractivity contribution in [3.8, 4) is 16.9 Å². The van der Waals surface area contributed by atoms with Crippen LogP contribution in [0.4, 0.5) is 4.39 Å². The van der Waals surface area contributed by atoms with Crippen molar-refractivity contribution >= 4 is 5.91 Å². The number of rotatable bonds is 4. The van der Waals surface area contributed by atoms with E-state index in [0.717, 1.165) is 37.1 Å². The minimum absolute atomic E-state index is 0.00136. The number of pyridine rings is 1. The van der Waals surface area contributed by atoms with E-state index in [1.54, 1.807) is 29.3 Å². The molecule has 1 aromatic carbocycles. The second-order valence-corrected chi connectivity index (χ2v) is 7.34. The molecule has 2 aromatic rings. The molecule has 5 nitrogen and oxygen atoms in total. The number of hydrogen-bond donors (Lipinski definition) is 1. The molecule has 6 heteroatoms. The zero-order chi connectivity index (χ0) is 19.0. The van der Waals surface area contributed by atoms with E-state index in [9.17, 15) is 9.18 Å². The van der Waals surface area contributed by atoms with E-state index in [1.165, 1.54) is 6.07 Å². The van der Waals surface area contributed by atoms with Crippen LogP contribution in [0.2, 0.25) is 0 Å². The molecule has 142 valence electrons. The Hall–Kier alpha value is -2.47. The molecule has 0 aliphatic carbocycles. The molecule has 2 unspecified atom stereocenters. The molecule has 4 rings (SSSR count). The van der Waals surface area contributed by atoms with Crippen LogP contribution in [0.3, 0.4) is 0 Å². The number of likely N-dealkylation sites (N-methyl/N-ethyl adjacent to an activating group) is 1. The van der Waals surface area contributed by atoms with Crippen molar-refractivity contribution in [1.82, 2.24) is 15.2 Å². The molecule has 1 spiro atoms. The van der Waals surface area contributed by atoms with E-state index < -0.39 is 5.54 Å². The number of halogens is 1. The van der Waals surface area contributed by atoms with Gasteiger partial charge in [-0.25, -0.2) is 4.39 Å². The summed E-state index contributed by atoms with van der Waals surface area (Å²) in [5.74, 6) is 0.514. The summed E-state index contributed by atoms with van der Waals surface area (Å²) in [5.41, 5.74) is 1.63. The van der Waals surface area contributed by atoms with Crippen molar-refractivity contribution in [2.75, 3.05) is 20.2 Å². The molecule has 0 bridgehead atoms. The number of amides is 1.